The normalized spacial score (nSPS) is 10.1. The Morgan fingerprint density at radius 2 is 1.65 bits per heavy atom. The molecule has 0 saturated carbocycles. The summed E-state index contributed by atoms with van der Waals surface area (Å²) in [5, 5.41) is 11.1. The smallest absolute Gasteiger partial charge is 0.293 e. The third-order valence-electron chi connectivity index (χ3n) is 3.03. The zero-order valence-electron chi connectivity index (χ0n) is 11.2. The molecular formula is C15H14N2O3. The Morgan fingerprint density at radius 1 is 1.05 bits per heavy atom. The van der Waals surface area contributed by atoms with E-state index in [2.05, 4.69) is 0 Å². The minimum absolute atomic E-state index is 0.0620. The zero-order valence-corrected chi connectivity index (χ0v) is 11.2. The lowest BCUT2D eigenvalue weighted by atomic mass is 10.0. The zero-order chi connectivity index (χ0) is 14.7. The highest BCUT2D eigenvalue weighted by molar-refractivity contribution is 5.78. The van der Waals surface area contributed by atoms with E-state index < -0.39 is 4.92 Å². The summed E-state index contributed by atoms with van der Waals surface area (Å²) in [5.41, 5.74) is 2.78. The molecule has 0 radical (unpaired) electrons. The maximum atomic E-state index is 11.1. The fourth-order valence-corrected chi connectivity index (χ4v) is 1.98. The van der Waals surface area contributed by atoms with Gasteiger partial charge in [0.1, 0.15) is 12.0 Å². The SMILES string of the molecule is CN(C)c1ccc(-c2ccc(C=O)cc2)cc1[N+](=O)[O-]. The third kappa shape index (κ3) is 2.66. The predicted molar refractivity (Wildman–Crippen MR) is 78.2 cm³/mol. The molecule has 0 bridgehead atoms. The van der Waals surface area contributed by atoms with E-state index in [1.54, 1.807) is 55.4 Å². The number of nitrogens with zero attached hydrogens (tertiary/aromatic N) is 2. The molecule has 2 aromatic carbocycles. The van der Waals surface area contributed by atoms with Crippen molar-refractivity contribution in [2.24, 2.45) is 0 Å². The lowest BCUT2D eigenvalue weighted by molar-refractivity contribution is -0.384. The summed E-state index contributed by atoms with van der Waals surface area (Å²) in [6.45, 7) is 0. The number of nitro benzene ring substituents is 1. The van der Waals surface area contributed by atoms with E-state index in [1.807, 2.05) is 6.07 Å². The number of benzene rings is 2. The van der Waals surface area contributed by atoms with Crippen LogP contribution in [0.2, 0.25) is 0 Å². The van der Waals surface area contributed by atoms with Gasteiger partial charge in [0.05, 0.1) is 4.92 Å². The van der Waals surface area contributed by atoms with Crippen LogP contribution in [-0.2, 0) is 0 Å². The van der Waals surface area contributed by atoms with Gasteiger partial charge in [-0.05, 0) is 17.2 Å². The average molecular weight is 270 g/mol. The van der Waals surface area contributed by atoms with E-state index in [4.69, 9.17) is 0 Å². The summed E-state index contributed by atoms with van der Waals surface area (Å²) < 4.78 is 0. The topological polar surface area (TPSA) is 63.5 Å². The number of hydrogen-bond acceptors (Lipinski definition) is 4. The van der Waals surface area contributed by atoms with Crippen LogP contribution in [-0.4, -0.2) is 25.3 Å². The van der Waals surface area contributed by atoms with Crippen molar-refractivity contribution in [3.8, 4) is 11.1 Å². The summed E-state index contributed by atoms with van der Waals surface area (Å²) in [4.78, 5) is 23.1. The summed E-state index contributed by atoms with van der Waals surface area (Å²) in [6, 6.07) is 12.0. The monoisotopic (exact) mass is 270 g/mol. The largest absolute Gasteiger partial charge is 0.372 e. The molecule has 0 aliphatic rings. The van der Waals surface area contributed by atoms with Crippen molar-refractivity contribution >= 4 is 17.7 Å². The molecular weight excluding hydrogens is 256 g/mol. The molecule has 5 nitrogen and oxygen atoms in total. The first-order valence-corrected chi connectivity index (χ1v) is 6.04. The van der Waals surface area contributed by atoms with Gasteiger partial charge < -0.3 is 4.90 Å². The molecule has 0 amide bonds. The molecule has 2 rings (SSSR count). The number of hydrogen-bond donors (Lipinski definition) is 0. The van der Waals surface area contributed by atoms with E-state index in [1.165, 1.54) is 0 Å². The third-order valence-corrected chi connectivity index (χ3v) is 3.03. The molecule has 2 aromatic rings. The van der Waals surface area contributed by atoms with Gasteiger partial charge in [-0.3, -0.25) is 14.9 Å². The fourth-order valence-electron chi connectivity index (χ4n) is 1.98. The molecule has 0 spiro atoms. The van der Waals surface area contributed by atoms with Gasteiger partial charge in [-0.2, -0.15) is 0 Å². The Labute approximate surface area is 116 Å². The van der Waals surface area contributed by atoms with Gasteiger partial charge >= 0.3 is 0 Å². The number of nitro groups is 1. The Bertz CT molecular complexity index is 649. The van der Waals surface area contributed by atoms with Crippen molar-refractivity contribution in [3.05, 3.63) is 58.1 Å². The molecule has 0 fully saturated rings. The maximum absolute atomic E-state index is 11.1. The molecule has 20 heavy (non-hydrogen) atoms. The van der Waals surface area contributed by atoms with Gasteiger partial charge in [0, 0.05) is 25.7 Å². The summed E-state index contributed by atoms with van der Waals surface area (Å²) in [5.74, 6) is 0. The second kappa shape index (κ2) is 5.52. The Hall–Kier alpha value is -2.69. The minimum atomic E-state index is -0.390. The van der Waals surface area contributed by atoms with Crippen LogP contribution in [0.25, 0.3) is 11.1 Å². The molecule has 0 atom stereocenters. The Balaban J connectivity index is 2.49. The minimum Gasteiger partial charge on any atom is -0.372 e. The van der Waals surface area contributed by atoms with E-state index in [0.717, 1.165) is 17.4 Å². The van der Waals surface area contributed by atoms with Crippen molar-refractivity contribution in [1.82, 2.24) is 0 Å². The lowest BCUT2D eigenvalue weighted by Crippen LogP contribution is -2.10. The highest BCUT2D eigenvalue weighted by Crippen LogP contribution is 2.32. The highest BCUT2D eigenvalue weighted by atomic mass is 16.6. The number of carbonyl (C=O) groups is 1. The lowest BCUT2D eigenvalue weighted by Gasteiger charge is -2.13. The standard InChI is InChI=1S/C15H14N2O3/c1-16(2)14-8-7-13(9-15(14)17(19)20)12-5-3-11(10-18)4-6-12/h3-10H,1-2H3. The average Bonchev–Trinajstić information content (AvgIpc) is 2.46. The van der Waals surface area contributed by atoms with Crippen molar-refractivity contribution in [3.63, 3.8) is 0 Å². The molecule has 0 aliphatic heterocycles. The second-order valence-corrected chi connectivity index (χ2v) is 4.59. The van der Waals surface area contributed by atoms with Gasteiger partial charge in [0.2, 0.25) is 0 Å². The van der Waals surface area contributed by atoms with E-state index in [-0.39, 0.29) is 5.69 Å². The van der Waals surface area contributed by atoms with Gasteiger partial charge in [-0.25, -0.2) is 0 Å². The van der Waals surface area contributed by atoms with Crippen molar-refractivity contribution in [2.45, 2.75) is 0 Å². The first-order chi connectivity index (χ1) is 9.52. The molecule has 0 N–H and O–H groups in total. The summed E-state index contributed by atoms with van der Waals surface area (Å²) in [6.07, 6.45) is 0.765. The molecule has 102 valence electrons. The van der Waals surface area contributed by atoms with Crippen LogP contribution < -0.4 is 4.90 Å². The van der Waals surface area contributed by atoms with E-state index in [0.29, 0.717) is 11.3 Å². The molecule has 5 heteroatoms. The maximum Gasteiger partial charge on any atom is 0.293 e. The molecule has 0 saturated heterocycles. The van der Waals surface area contributed by atoms with E-state index in [9.17, 15) is 14.9 Å². The second-order valence-electron chi connectivity index (χ2n) is 4.59. The van der Waals surface area contributed by atoms with Crippen LogP contribution in [0.15, 0.2) is 42.5 Å². The van der Waals surface area contributed by atoms with Crippen molar-refractivity contribution in [2.75, 3.05) is 19.0 Å². The number of rotatable bonds is 4. The van der Waals surface area contributed by atoms with Gasteiger partial charge in [0.25, 0.3) is 5.69 Å². The predicted octanol–water partition coefficient (Wildman–Crippen LogP) is 3.14. The van der Waals surface area contributed by atoms with Crippen LogP contribution in [0.3, 0.4) is 0 Å². The van der Waals surface area contributed by atoms with Crippen LogP contribution in [0, 0.1) is 10.1 Å². The van der Waals surface area contributed by atoms with Crippen molar-refractivity contribution in [1.29, 1.82) is 0 Å². The van der Waals surface area contributed by atoms with Crippen LogP contribution in [0.4, 0.5) is 11.4 Å². The van der Waals surface area contributed by atoms with Crippen LogP contribution >= 0.6 is 0 Å². The molecule has 0 aromatic heterocycles. The van der Waals surface area contributed by atoms with E-state index >= 15 is 0 Å². The fraction of sp³-hybridized carbons (Fsp3) is 0.133. The first kappa shape index (κ1) is 13.7. The summed E-state index contributed by atoms with van der Waals surface area (Å²) in [7, 11) is 3.53. The number of anilines is 1. The van der Waals surface area contributed by atoms with Gasteiger partial charge in [-0.1, -0.05) is 30.3 Å². The molecule has 0 heterocycles. The van der Waals surface area contributed by atoms with Crippen molar-refractivity contribution < 1.29 is 9.72 Å². The Kier molecular flexibility index (Phi) is 3.79. The highest BCUT2D eigenvalue weighted by Gasteiger charge is 2.16. The van der Waals surface area contributed by atoms with Crippen LogP contribution in [0.1, 0.15) is 10.4 Å². The van der Waals surface area contributed by atoms with Gasteiger partial charge in [-0.15, -0.1) is 0 Å². The molecule has 0 unspecified atom stereocenters. The first-order valence-electron chi connectivity index (χ1n) is 6.04. The number of carbonyl (C=O) groups excluding carboxylic acids is 1. The van der Waals surface area contributed by atoms with Gasteiger partial charge in [0.15, 0.2) is 0 Å². The number of aldehydes is 1. The van der Waals surface area contributed by atoms with Crippen LogP contribution in [0.5, 0.6) is 0 Å². The summed E-state index contributed by atoms with van der Waals surface area (Å²) >= 11 is 0. The Morgan fingerprint density at radius 3 is 2.15 bits per heavy atom. The molecule has 0 aliphatic carbocycles. The quantitative estimate of drug-likeness (QED) is 0.486.